The lowest BCUT2D eigenvalue weighted by Crippen LogP contribution is -2.19. The number of ether oxygens (including phenoxy) is 1. The summed E-state index contributed by atoms with van der Waals surface area (Å²) in [5.41, 5.74) is 1.59. The van der Waals surface area contributed by atoms with E-state index < -0.39 is 5.91 Å². The zero-order valence-electron chi connectivity index (χ0n) is 14.3. The van der Waals surface area contributed by atoms with Crippen LogP contribution in [0.3, 0.4) is 0 Å². The maximum Gasteiger partial charge on any atom is 0.290 e. The first-order chi connectivity index (χ1) is 13.6. The predicted molar refractivity (Wildman–Crippen MR) is 109 cm³/mol. The molecule has 0 radical (unpaired) electrons. The minimum atomic E-state index is -0.401. The van der Waals surface area contributed by atoms with Crippen LogP contribution in [0.25, 0.3) is 16.3 Å². The van der Waals surface area contributed by atoms with E-state index in [1.165, 1.54) is 11.3 Å². The molecule has 1 aliphatic rings. The molecular weight excluding hydrogens is 398 g/mol. The summed E-state index contributed by atoms with van der Waals surface area (Å²) in [6.45, 7) is -0.150. The number of rotatable bonds is 5. The fourth-order valence-corrected chi connectivity index (χ4v) is 4.03. The van der Waals surface area contributed by atoms with Crippen LogP contribution in [0.15, 0.2) is 53.4 Å². The third kappa shape index (κ3) is 4.21. The second-order valence-electron chi connectivity index (χ2n) is 5.74. The highest BCUT2D eigenvalue weighted by Crippen LogP contribution is 2.27. The van der Waals surface area contributed by atoms with Gasteiger partial charge in [-0.3, -0.25) is 25.0 Å². The zero-order chi connectivity index (χ0) is 19.5. The molecule has 9 heteroatoms. The first kappa shape index (κ1) is 18.2. The molecule has 0 bridgehead atoms. The highest BCUT2D eigenvalue weighted by molar-refractivity contribution is 8.18. The number of aromatic nitrogens is 1. The maximum atomic E-state index is 12.1. The lowest BCUT2D eigenvalue weighted by Gasteiger charge is -2.06. The fourth-order valence-electron chi connectivity index (χ4n) is 2.46. The molecule has 0 spiro atoms. The van der Waals surface area contributed by atoms with Gasteiger partial charge in [-0.05, 0) is 47.7 Å². The van der Waals surface area contributed by atoms with Gasteiger partial charge in [0.05, 0.1) is 15.1 Å². The number of nitrogens with one attached hydrogen (secondary N) is 2. The molecule has 1 aliphatic heterocycles. The molecule has 28 heavy (non-hydrogen) atoms. The summed E-state index contributed by atoms with van der Waals surface area (Å²) < 4.78 is 6.48. The van der Waals surface area contributed by atoms with Gasteiger partial charge in [-0.15, -0.1) is 0 Å². The number of hydrogen-bond acceptors (Lipinski definition) is 7. The minimum absolute atomic E-state index is 0.150. The quantitative estimate of drug-likeness (QED) is 0.622. The van der Waals surface area contributed by atoms with Crippen LogP contribution in [0, 0.1) is 0 Å². The molecule has 140 valence electrons. The van der Waals surface area contributed by atoms with Crippen molar-refractivity contribution in [3.05, 3.63) is 59.0 Å². The van der Waals surface area contributed by atoms with Crippen LogP contribution in [0.5, 0.6) is 5.75 Å². The molecule has 2 heterocycles. The number of carbonyl (C=O) groups is 3. The molecule has 7 nitrogen and oxygen atoms in total. The maximum absolute atomic E-state index is 12.1. The van der Waals surface area contributed by atoms with E-state index >= 15 is 0 Å². The fraction of sp³-hybridized carbons (Fsp3) is 0.0526. The van der Waals surface area contributed by atoms with E-state index in [4.69, 9.17) is 4.74 Å². The van der Waals surface area contributed by atoms with Gasteiger partial charge in [-0.2, -0.15) is 0 Å². The summed E-state index contributed by atoms with van der Waals surface area (Å²) >= 11 is 2.26. The van der Waals surface area contributed by atoms with Gasteiger partial charge in [0, 0.05) is 0 Å². The summed E-state index contributed by atoms with van der Waals surface area (Å²) in [6, 6.07) is 14.5. The van der Waals surface area contributed by atoms with Crippen LogP contribution in [0.2, 0.25) is 0 Å². The van der Waals surface area contributed by atoms with Crippen molar-refractivity contribution in [3.63, 3.8) is 0 Å². The second kappa shape index (κ2) is 7.83. The van der Waals surface area contributed by atoms with Crippen LogP contribution >= 0.6 is 23.1 Å². The minimum Gasteiger partial charge on any atom is -0.484 e. The Balaban J connectivity index is 1.33. The Bertz CT molecular complexity index is 1070. The Morgan fingerprint density at radius 3 is 2.64 bits per heavy atom. The van der Waals surface area contributed by atoms with Crippen molar-refractivity contribution in [2.45, 2.75) is 0 Å². The number of thiazole rings is 1. The molecule has 0 aliphatic carbocycles. The van der Waals surface area contributed by atoms with E-state index in [1.54, 1.807) is 30.3 Å². The lowest BCUT2D eigenvalue weighted by atomic mass is 10.2. The molecule has 0 atom stereocenters. The van der Waals surface area contributed by atoms with Gasteiger partial charge in [0.2, 0.25) is 0 Å². The molecule has 2 aromatic carbocycles. The monoisotopic (exact) mass is 411 g/mol. The number of hydrogen-bond donors (Lipinski definition) is 2. The summed E-state index contributed by atoms with van der Waals surface area (Å²) in [7, 11) is 0. The standard InChI is InChI=1S/C19H13N3O4S2/c23-16(21-18-20-13-3-1-2-4-14(13)27-18)10-26-12-7-5-11(6-8-12)9-15-17(24)22-19(25)28-15/h1-9H,10H2,(H,20,21,23)(H,22,24,25)/b15-9-. The van der Waals surface area contributed by atoms with Gasteiger partial charge in [-0.25, -0.2) is 4.98 Å². The average Bonchev–Trinajstić information content (AvgIpc) is 3.22. The zero-order valence-corrected chi connectivity index (χ0v) is 15.9. The van der Waals surface area contributed by atoms with Crippen molar-refractivity contribution < 1.29 is 19.1 Å². The van der Waals surface area contributed by atoms with Crippen molar-refractivity contribution in [2.24, 2.45) is 0 Å². The molecule has 1 fully saturated rings. The lowest BCUT2D eigenvalue weighted by molar-refractivity contribution is -0.118. The Morgan fingerprint density at radius 1 is 1.14 bits per heavy atom. The number of thioether (sulfide) groups is 1. The predicted octanol–water partition coefficient (Wildman–Crippen LogP) is 3.64. The van der Waals surface area contributed by atoms with Gasteiger partial charge in [0.25, 0.3) is 17.1 Å². The van der Waals surface area contributed by atoms with Crippen molar-refractivity contribution in [1.29, 1.82) is 0 Å². The summed E-state index contributed by atoms with van der Waals surface area (Å²) in [4.78, 5) is 39.5. The highest BCUT2D eigenvalue weighted by Gasteiger charge is 2.24. The Labute approximate surface area is 167 Å². The molecule has 1 saturated heterocycles. The number of amides is 3. The number of benzene rings is 2. The van der Waals surface area contributed by atoms with E-state index in [-0.39, 0.29) is 17.8 Å². The first-order valence-electron chi connectivity index (χ1n) is 8.20. The van der Waals surface area contributed by atoms with Crippen LogP contribution in [0.4, 0.5) is 9.93 Å². The molecular formula is C19H13N3O4S2. The SMILES string of the molecule is O=C(COc1ccc(/C=C2\SC(=O)NC2=O)cc1)Nc1nc2ccccc2s1. The number of fused-ring (bicyclic) bond motifs is 1. The Kier molecular flexibility index (Phi) is 5.09. The summed E-state index contributed by atoms with van der Waals surface area (Å²) in [6.07, 6.45) is 1.62. The summed E-state index contributed by atoms with van der Waals surface area (Å²) in [5, 5.41) is 5.08. The van der Waals surface area contributed by atoms with Crippen molar-refractivity contribution in [3.8, 4) is 5.75 Å². The van der Waals surface area contributed by atoms with Gasteiger partial charge in [-0.1, -0.05) is 35.6 Å². The summed E-state index contributed by atoms with van der Waals surface area (Å²) in [5.74, 6) is -0.189. The molecule has 4 rings (SSSR count). The molecule has 1 aromatic heterocycles. The van der Waals surface area contributed by atoms with Gasteiger partial charge < -0.3 is 4.74 Å². The van der Waals surface area contributed by atoms with Crippen LogP contribution in [0.1, 0.15) is 5.56 Å². The third-order valence-electron chi connectivity index (χ3n) is 3.73. The first-order valence-corrected chi connectivity index (χ1v) is 9.83. The number of imide groups is 1. The number of para-hydroxylation sites is 1. The highest BCUT2D eigenvalue weighted by atomic mass is 32.2. The number of carbonyl (C=O) groups excluding carboxylic acids is 3. The topological polar surface area (TPSA) is 97.4 Å². The van der Waals surface area contributed by atoms with Crippen LogP contribution in [-0.4, -0.2) is 28.6 Å². The van der Waals surface area contributed by atoms with Crippen molar-refractivity contribution >= 4 is 61.6 Å². The number of nitrogens with zero attached hydrogens (tertiary/aromatic N) is 1. The largest absolute Gasteiger partial charge is 0.484 e. The van der Waals surface area contributed by atoms with Gasteiger partial charge in [0.15, 0.2) is 11.7 Å². The Hall–Kier alpha value is -3.17. The molecule has 3 amide bonds. The molecule has 0 unspecified atom stereocenters. The van der Waals surface area contributed by atoms with Crippen LogP contribution < -0.4 is 15.4 Å². The van der Waals surface area contributed by atoms with Gasteiger partial charge >= 0.3 is 0 Å². The van der Waals surface area contributed by atoms with E-state index in [0.717, 1.165) is 27.5 Å². The third-order valence-corrected chi connectivity index (χ3v) is 5.49. The van der Waals surface area contributed by atoms with Crippen molar-refractivity contribution in [1.82, 2.24) is 10.3 Å². The normalized spacial score (nSPS) is 15.1. The van der Waals surface area contributed by atoms with Crippen molar-refractivity contribution in [2.75, 3.05) is 11.9 Å². The van der Waals surface area contributed by atoms with E-state index in [2.05, 4.69) is 15.6 Å². The van der Waals surface area contributed by atoms with Crippen LogP contribution in [-0.2, 0) is 9.59 Å². The van der Waals surface area contributed by atoms with E-state index in [0.29, 0.717) is 15.8 Å². The number of anilines is 1. The molecule has 3 aromatic rings. The second-order valence-corrected chi connectivity index (χ2v) is 7.79. The average molecular weight is 411 g/mol. The van der Waals surface area contributed by atoms with E-state index in [9.17, 15) is 14.4 Å². The van der Waals surface area contributed by atoms with Gasteiger partial charge in [0.1, 0.15) is 5.75 Å². The smallest absolute Gasteiger partial charge is 0.290 e. The molecule has 2 N–H and O–H groups in total. The molecule has 0 saturated carbocycles. The van der Waals surface area contributed by atoms with E-state index in [1.807, 2.05) is 24.3 Å². The Morgan fingerprint density at radius 2 is 1.93 bits per heavy atom.